The second-order valence-electron chi connectivity index (χ2n) is 8.37. The quantitative estimate of drug-likeness (QED) is 0.468. The van der Waals surface area contributed by atoms with Gasteiger partial charge in [-0.1, -0.05) is 20.4 Å². The van der Waals surface area contributed by atoms with E-state index in [1.807, 2.05) is 6.92 Å². The molecular formula is C20H30O6. The molecule has 0 aromatic heterocycles. The third kappa shape index (κ3) is 3.24. The fourth-order valence-corrected chi connectivity index (χ4v) is 4.27. The standard InChI is InChI=1S/C20H30O6/c1-11(2)10-24-15-8-19(5)16(23-6)9-20(22,26-19)12(3)7-14-17(15)13(4)18(21)25-14/h7,11,14-17,22H,4,8-10H2,1-3,5-6H3. The predicted molar refractivity (Wildman–Crippen MR) is 95.3 cm³/mol. The Morgan fingerprint density at radius 3 is 2.73 bits per heavy atom. The Kier molecular flexibility index (Phi) is 5.07. The zero-order valence-corrected chi connectivity index (χ0v) is 16.3. The Bertz CT molecular complexity index is 626. The molecule has 0 radical (unpaired) electrons. The number of carbonyl (C=O) groups excluding carboxylic acids is 1. The number of rotatable bonds is 4. The van der Waals surface area contributed by atoms with Crippen LogP contribution in [0.5, 0.6) is 0 Å². The topological polar surface area (TPSA) is 74.2 Å². The first kappa shape index (κ1) is 19.5. The molecule has 2 saturated heterocycles. The van der Waals surface area contributed by atoms with Gasteiger partial charge < -0.3 is 24.1 Å². The lowest BCUT2D eigenvalue weighted by atomic mass is 9.80. The highest BCUT2D eigenvalue weighted by Crippen LogP contribution is 2.48. The molecule has 6 nitrogen and oxygen atoms in total. The van der Waals surface area contributed by atoms with Gasteiger partial charge in [0.2, 0.25) is 0 Å². The lowest BCUT2D eigenvalue weighted by Crippen LogP contribution is -2.45. The van der Waals surface area contributed by atoms with Crippen molar-refractivity contribution < 1.29 is 28.8 Å². The Labute approximate surface area is 155 Å². The summed E-state index contributed by atoms with van der Waals surface area (Å²) in [5, 5.41) is 11.1. The molecule has 0 amide bonds. The average molecular weight is 366 g/mol. The summed E-state index contributed by atoms with van der Waals surface area (Å²) < 4.78 is 23.5. The van der Waals surface area contributed by atoms with Crippen LogP contribution in [0.2, 0.25) is 0 Å². The molecule has 6 atom stereocenters. The van der Waals surface area contributed by atoms with Gasteiger partial charge in [0.1, 0.15) is 6.10 Å². The Morgan fingerprint density at radius 1 is 1.42 bits per heavy atom. The van der Waals surface area contributed by atoms with Crippen LogP contribution in [-0.2, 0) is 23.7 Å². The summed E-state index contributed by atoms with van der Waals surface area (Å²) in [5.74, 6) is -1.81. The van der Waals surface area contributed by atoms with Crippen molar-refractivity contribution in [2.45, 2.75) is 70.2 Å². The number of fused-ring (bicyclic) bond motifs is 3. The van der Waals surface area contributed by atoms with Gasteiger partial charge in [0.15, 0.2) is 5.79 Å². The van der Waals surface area contributed by atoms with Crippen LogP contribution in [-0.4, -0.2) is 54.5 Å². The van der Waals surface area contributed by atoms with E-state index in [-0.39, 0.29) is 18.1 Å². The van der Waals surface area contributed by atoms with Gasteiger partial charge in [0.25, 0.3) is 0 Å². The number of hydrogen-bond donors (Lipinski definition) is 1. The van der Waals surface area contributed by atoms with Crippen molar-refractivity contribution in [3.05, 3.63) is 23.8 Å². The minimum absolute atomic E-state index is 0.288. The molecule has 3 heterocycles. The molecule has 3 rings (SSSR count). The Balaban J connectivity index is 2.04. The Morgan fingerprint density at radius 2 is 2.12 bits per heavy atom. The fraction of sp³-hybridized carbons (Fsp3) is 0.750. The van der Waals surface area contributed by atoms with Gasteiger partial charge in [-0.2, -0.15) is 0 Å². The summed E-state index contributed by atoms with van der Waals surface area (Å²) in [6, 6.07) is 0. The first-order chi connectivity index (χ1) is 12.1. The van der Waals surface area contributed by atoms with Crippen molar-refractivity contribution in [2.75, 3.05) is 13.7 Å². The van der Waals surface area contributed by atoms with Crippen molar-refractivity contribution in [1.29, 1.82) is 0 Å². The number of aliphatic hydroxyl groups is 1. The van der Waals surface area contributed by atoms with Gasteiger partial charge in [-0.25, -0.2) is 4.79 Å². The summed E-state index contributed by atoms with van der Waals surface area (Å²) in [6.45, 7) is 12.4. The summed E-state index contributed by atoms with van der Waals surface area (Å²) in [5.41, 5.74) is 0.279. The van der Waals surface area contributed by atoms with Crippen molar-refractivity contribution in [3.63, 3.8) is 0 Å². The van der Waals surface area contributed by atoms with E-state index in [1.165, 1.54) is 0 Å². The number of ether oxygens (including phenoxy) is 4. The van der Waals surface area contributed by atoms with E-state index in [0.29, 0.717) is 36.5 Å². The zero-order valence-electron chi connectivity index (χ0n) is 16.3. The SMILES string of the molecule is C=C1C(=O)OC2C=C(C)C3(O)CC(OC)C(C)(CC(OCC(C)C)C12)O3. The molecule has 0 aliphatic carbocycles. The van der Waals surface area contributed by atoms with Crippen LogP contribution in [0.15, 0.2) is 23.8 Å². The van der Waals surface area contributed by atoms with Crippen LogP contribution >= 0.6 is 0 Å². The smallest absolute Gasteiger partial charge is 0.334 e. The number of esters is 1. The van der Waals surface area contributed by atoms with Crippen LogP contribution in [0.1, 0.15) is 40.5 Å². The van der Waals surface area contributed by atoms with E-state index < -0.39 is 23.5 Å². The minimum Gasteiger partial charge on any atom is -0.454 e. The van der Waals surface area contributed by atoms with Gasteiger partial charge in [0, 0.05) is 32.1 Å². The molecule has 1 N–H and O–H groups in total. The molecule has 0 aromatic rings. The molecule has 3 aliphatic heterocycles. The molecule has 0 aromatic carbocycles. The minimum atomic E-state index is -1.44. The predicted octanol–water partition coefficient (Wildman–Crippen LogP) is 2.36. The van der Waals surface area contributed by atoms with E-state index in [9.17, 15) is 9.90 Å². The maximum Gasteiger partial charge on any atom is 0.334 e. The van der Waals surface area contributed by atoms with E-state index in [1.54, 1.807) is 20.1 Å². The zero-order chi connectivity index (χ0) is 19.3. The van der Waals surface area contributed by atoms with Crippen LogP contribution in [0.25, 0.3) is 0 Å². The molecule has 0 saturated carbocycles. The van der Waals surface area contributed by atoms with Crippen molar-refractivity contribution in [2.24, 2.45) is 11.8 Å². The number of carbonyl (C=O) groups is 1. The van der Waals surface area contributed by atoms with Crippen LogP contribution < -0.4 is 0 Å². The monoisotopic (exact) mass is 366 g/mol. The first-order valence-corrected chi connectivity index (χ1v) is 9.25. The molecule has 0 spiro atoms. The van der Waals surface area contributed by atoms with E-state index in [2.05, 4.69) is 20.4 Å². The Hall–Kier alpha value is -1.21. The lowest BCUT2D eigenvalue weighted by Gasteiger charge is -2.36. The van der Waals surface area contributed by atoms with E-state index in [0.717, 1.165) is 0 Å². The number of hydrogen-bond acceptors (Lipinski definition) is 6. The second kappa shape index (κ2) is 6.75. The molecule has 6 heteroatoms. The second-order valence-corrected chi connectivity index (χ2v) is 8.37. The summed E-state index contributed by atoms with van der Waals surface area (Å²) in [6.07, 6.45) is 1.45. The summed E-state index contributed by atoms with van der Waals surface area (Å²) >= 11 is 0. The molecule has 2 bridgehead atoms. The molecule has 3 aliphatic rings. The maximum absolute atomic E-state index is 12.2. The lowest BCUT2D eigenvalue weighted by molar-refractivity contribution is -0.210. The highest BCUT2D eigenvalue weighted by molar-refractivity contribution is 5.91. The maximum atomic E-state index is 12.2. The van der Waals surface area contributed by atoms with Gasteiger partial charge >= 0.3 is 5.97 Å². The van der Waals surface area contributed by atoms with Crippen molar-refractivity contribution in [3.8, 4) is 0 Å². The van der Waals surface area contributed by atoms with Gasteiger partial charge in [-0.3, -0.25) is 0 Å². The van der Waals surface area contributed by atoms with Crippen molar-refractivity contribution >= 4 is 5.97 Å². The number of methoxy groups -OCH3 is 1. The van der Waals surface area contributed by atoms with Crippen LogP contribution in [0.3, 0.4) is 0 Å². The molecule has 6 unspecified atom stereocenters. The largest absolute Gasteiger partial charge is 0.454 e. The molecule has 26 heavy (non-hydrogen) atoms. The third-order valence-corrected chi connectivity index (χ3v) is 5.77. The average Bonchev–Trinajstić information content (AvgIpc) is 2.98. The molecular weight excluding hydrogens is 336 g/mol. The molecule has 146 valence electrons. The van der Waals surface area contributed by atoms with Gasteiger partial charge in [0.05, 0.1) is 23.7 Å². The first-order valence-electron chi connectivity index (χ1n) is 9.25. The summed E-state index contributed by atoms with van der Waals surface area (Å²) in [7, 11) is 1.62. The van der Waals surface area contributed by atoms with E-state index >= 15 is 0 Å². The summed E-state index contributed by atoms with van der Waals surface area (Å²) in [4.78, 5) is 12.2. The highest BCUT2D eigenvalue weighted by atomic mass is 16.7. The van der Waals surface area contributed by atoms with E-state index in [4.69, 9.17) is 18.9 Å². The highest BCUT2D eigenvalue weighted by Gasteiger charge is 2.58. The molecule has 2 fully saturated rings. The van der Waals surface area contributed by atoms with Crippen molar-refractivity contribution in [1.82, 2.24) is 0 Å². The normalized spacial score (nSPS) is 42.8. The fourth-order valence-electron chi connectivity index (χ4n) is 4.27. The van der Waals surface area contributed by atoms with Gasteiger partial charge in [-0.15, -0.1) is 0 Å². The van der Waals surface area contributed by atoms with Crippen LogP contribution in [0.4, 0.5) is 0 Å². The third-order valence-electron chi connectivity index (χ3n) is 5.77. The van der Waals surface area contributed by atoms with Gasteiger partial charge in [-0.05, 0) is 31.4 Å². The van der Waals surface area contributed by atoms with Crippen LogP contribution in [0, 0.1) is 11.8 Å².